The third-order valence-corrected chi connectivity index (χ3v) is 6.62. The molecule has 0 amide bonds. The van der Waals surface area contributed by atoms with Crippen LogP contribution in [0.4, 0.5) is 45.5 Å². The first-order chi connectivity index (χ1) is 17.9. The molecule has 2 aliphatic rings. The van der Waals surface area contributed by atoms with E-state index in [0.29, 0.717) is 0 Å². The van der Waals surface area contributed by atoms with E-state index in [1.54, 1.807) is 0 Å². The minimum Gasteiger partial charge on any atom is -0.493 e. The minimum absolute atomic E-state index is 0. The first-order valence-corrected chi connectivity index (χ1v) is 12.0. The minimum atomic E-state index is 0. The van der Waals surface area contributed by atoms with Gasteiger partial charge in [-0.3, -0.25) is 0 Å². The molecule has 0 spiro atoms. The first kappa shape index (κ1) is 23.3. The van der Waals surface area contributed by atoms with Crippen LogP contribution >= 0.6 is 0 Å². The van der Waals surface area contributed by atoms with Crippen LogP contribution in [0.15, 0.2) is 127 Å². The molecule has 0 saturated heterocycles. The second-order valence-corrected chi connectivity index (χ2v) is 8.78. The topological polar surface area (TPSA) is 13.0 Å². The van der Waals surface area contributed by atoms with Crippen molar-refractivity contribution in [2.24, 2.45) is 0 Å². The average molecular weight is 654 g/mol. The first-order valence-electron chi connectivity index (χ1n) is 12.0. The number of fused-ring (bicyclic) bond motifs is 2. The summed E-state index contributed by atoms with van der Waals surface area (Å²) in [6.07, 6.45) is 0. The van der Waals surface area contributed by atoms with Gasteiger partial charge in [-0.2, -0.15) is 6.07 Å². The van der Waals surface area contributed by atoms with Crippen LogP contribution < -0.4 is 19.6 Å². The van der Waals surface area contributed by atoms with Gasteiger partial charge in [-0.25, -0.2) is 0 Å². The fourth-order valence-corrected chi connectivity index (χ4v) is 4.92. The van der Waals surface area contributed by atoms with Crippen LogP contribution in [0.5, 0.6) is 0 Å². The third-order valence-electron chi connectivity index (χ3n) is 6.62. The zero-order valence-electron chi connectivity index (χ0n) is 19.9. The summed E-state index contributed by atoms with van der Waals surface area (Å²) in [7, 11) is 0. The molecule has 7 rings (SSSR count). The van der Waals surface area contributed by atoms with Crippen LogP contribution in [-0.2, 0) is 19.8 Å². The zero-order chi connectivity index (χ0) is 23.9. The van der Waals surface area contributed by atoms with Gasteiger partial charge in [0.1, 0.15) is 0 Å². The maximum absolute atomic E-state index is 3.69. The molecule has 0 radical (unpaired) electrons. The van der Waals surface area contributed by atoms with Gasteiger partial charge in [-0.15, -0.1) is 42.9 Å². The Kier molecular flexibility index (Phi) is 6.16. The third kappa shape index (κ3) is 4.06. The maximum atomic E-state index is 3.69. The Labute approximate surface area is 231 Å². The summed E-state index contributed by atoms with van der Waals surface area (Å²) < 4.78 is 0. The van der Waals surface area contributed by atoms with E-state index in [2.05, 4.69) is 154 Å². The SMILES string of the molecule is [Os].[c-]1c(N2[CH-]N(c3ccccc3)c3ccccc32)cccc1N1[CH-]N(c2ccccc2)c2ccccc21. The molecule has 4 nitrogen and oxygen atoms in total. The molecular weight excluding hydrogens is 631 g/mol. The molecule has 5 heteroatoms. The van der Waals surface area contributed by atoms with Crippen molar-refractivity contribution in [3.63, 3.8) is 0 Å². The number of nitrogens with zero attached hydrogens (tertiary/aromatic N) is 4. The van der Waals surface area contributed by atoms with E-state index in [0.717, 1.165) is 45.5 Å². The van der Waals surface area contributed by atoms with Gasteiger partial charge in [0.2, 0.25) is 0 Å². The van der Waals surface area contributed by atoms with Crippen LogP contribution in [0.1, 0.15) is 0 Å². The molecule has 0 fully saturated rings. The van der Waals surface area contributed by atoms with Crippen molar-refractivity contribution in [3.8, 4) is 0 Å². The van der Waals surface area contributed by atoms with Crippen molar-refractivity contribution in [2.45, 2.75) is 0 Å². The molecule has 182 valence electrons. The van der Waals surface area contributed by atoms with Crippen molar-refractivity contribution in [2.75, 3.05) is 19.6 Å². The second-order valence-electron chi connectivity index (χ2n) is 8.78. The normalized spacial score (nSPS) is 13.8. The summed E-state index contributed by atoms with van der Waals surface area (Å²) in [5.41, 5.74) is 8.79. The molecule has 0 bridgehead atoms. The maximum Gasteiger partial charge on any atom is 0.0344 e. The summed E-state index contributed by atoms with van der Waals surface area (Å²) >= 11 is 0. The molecule has 0 saturated carbocycles. The van der Waals surface area contributed by atoms with Gasteiger partial charge in [0.15, 0.2) is 0 Å². The standard InChI is InChI=1S/C32H23N4.Os/c1-3-12-25(13-4-1)33-23-35(31-20-9-7-18-29(31)33)27-16-11-17-28(22-27)36-24-34(26-14-5-2-6-15-26)30-19-8-10-21-32(30)36;/h1-21,23-24H;/q-3;. The molecule has 0 atom stereocenters. The number of rotatable bonds is 4. The smallest absolute Gasteiger partial charge is 0.0344 e. The van der Waals surface area contributed by atoms with Crippen molar-refractivity contribution >= 4 is 45.5 Å². The van der Waals surface area contributed by atoms with Gasteiger partial charge in [0.25, 0.3) is 0 Å². The van der Waals surface area contributed by atoms with E-state index in [-0.39, 0.29) is 19.8 Å². The number of hydrogen-bond donors (Lipinski definition) is 0. The summed E-state index contributed by atoms with van der Waals surface area (Å²) in [6, 6.07) is 47.9. The monoisotopic (exact) mass is 655 g/mol. The number of hydrogen-bond acceptors (Lipinski definition) is 4. The van der Waals surface area contributed by atoms with Gasteiger partial charge in [0.05, 0.1) is 0 Å². The molecule has 5 aromatic carbocycles. The van der Waals surface area contributed by atoms with Crippen LogP contribution in [0.2, 0.25) is 0 Å². The average Bonchev–Trinajstić information content (AvgIpc) is 3.54. The van der Waals surface area contributed by atoms with E-state index in [4.69, 9.17) is 0 Å². The Bertz CT molecular complexity index is 1410. The number of para-hydroxylation sites is 6. The van der Waals surface area contributed by atoms with E-state index in [9.17, 15) is 0 Å². The Morgan fingerprint density at radius 2 is 0.730 bits per heavy atom. The molecule has 0 N–H and O–H groups in total. The molecular formula is C32H23N4Os-3. The Balaban J connectivity index is 0.00000252. The van der Waals surface area contributed by atoms with Crippen LogP contribution in [0, 0.1) is 19.4 Å². The van der Waals surface area contributed by atoms with Crippen molar-refractivity contribution in [1.82, 2.24) is 0 Å². The van der Waals surface area contributed by atoms with Gasteiger partial charge in [-0.05, 0) is 48.5 Å². The predicted octanol–water partition coefficient (Wildman–Crippen LogP) is 8.30. The fourth-order valence-electron chi connectivity index (χ4n) is 4.92. The van der Waals surface area contributed by atoms with Gasteiger partial charge >= 0.3 is 0 Å². The largest absolute Gasteiger partial charge is 0.493 e. The van der Waals surface area contributed by atoms with E-state index >= 15 is 0 Å². The summed E-state index contributed by atoms with van der Waals surface area (Å²) in [5, 5.41) is 0. The molecule has 2 aliphatic heterocycles. The van der Waals surface area contributed by atoms with E-state index in [1.807, 2.05) is 12.1 Å². The van der Waals surface area contributed by atoms with Crippen molar-refractivity contribution in [3.05, 3.63) is 147 Å². The quantitative estimate of drug-likeness (QED) is 0.181. The Morgan fingerprint density at radius 1 is 0.378 bits per heavy atom. The number of anilines is 8. The Morgan fingerprint density at radius 3 is 1.14 bits per heavy atom. The van der Waals surface area contributed by atoms with Gasteiger partial charge < -0.3 is 19.6 Å². The van der Waals surface area contributed by atoms with Crippen molar-refractivity contribution < 1.29 is 19.8 Å². The molecule has 0 aromatic heterocycles. The zero-order valence-corrected chi connectivity index (χ0v) is 22.5. The molecule has 0 aliphatic carbocycles. The van der Waals surface area contributed by atoms with Crippen LogP contribution in [-0.4, -0.2) is 0 Å². The summed E-state index contributed by atoms with van der Waals surface area (Å²) in [4.78, 5) is 8.88. The van der Waals surface area contributed by atoms with Crippen molar-refractivity contribution in [1.29, 1.82) is 0 Å². The molecule has 2 heterocycles. The molecule has 0 unspecified atom stereocenters. The summed E-state index contributed by atoms with van der Waals surface area (Å²) in [6.45, 7) is 4.29. The van der Waals surface area contributed by atoms with Gasteiger partial charge in [0, 0.05) is 53.9 Å². The molecule has 5 aromatic rings. The van der Waals surface area contributed by atoms with Crippen LogP contribution in [0.3, 0.4) is 0 Å². The predicted molar refractivity (Wildman–Crippen MR) is 148 cm³/mol. The molecule has 37 heavy (non-hydrogen) atoms. The number of benzene rings is 5. The summed E-state index contributed by atoms with van der Waals surface area (Å²) in [5.74, 6) is 0. The fraction of sp³-hybridized carbons (Fsp3) is 0. The van der Waals surface area contributed by atoms with E-state index in [1.165, 1.54) is 0 Å². The second kappa shape index (κ2) is 9.77. The van der Waals surface area contributed by atoms with Crippen LogP contribution in [0.25, 0.3) is 0 Å². The van der Waals surface area contributed by atoms with Gasteiger partial charge in [-0.1, -0.05) is 60.7 Å². The Hall–Kier alpha value is -4.06. The van der Waals surface area contributed by atoms with E-state index < -0.39 is 0 Å².